The number of ether oxygens (including phenoxy) is 2. The van der Waals surface area contributed by atoms with Crippen LogP contribution in [0.15, 0.2) is 33.9 Å². The number of rotatable bonds is 8. The Kier molecular flexibility index (Phi) is 8.60. The minimum atomic E-state index is -1.59. The van der Waals surface area contributed by atoms with E-state index in [9.17, 15) is 34.8 Å². The summed E-state index contributed by atoms with van der Waals surface area (Å²) in [7, 11) is 1.53. The van der Waals surface area contributed by atoms with Crippen LogP contribution < -0.4 is 60.9 Å². The fraction of sp³-hybridized carbons (Fsp3) is 0.421. The van der Waals surface area contributed by atoms with Gasteiger partial charge in [0.2, 0.25) is 6.29 Å². The molecule has 31 heavy (non-hydrogen) atoms. The van der Waals surface area contributed by atoms with Crippen LogP contribution in [0.1, 0.15) is 12.8 Å². The molecule has 0 amide bonds. The molecule has 3 rings (SSSR count). The fourth-order valence-corrected chi connectivity index (χ4v) is 3.16. The average molecular weight is 444 g/mol. The molecule has 3 unspecified atom stereocenters. The van der Waals surface area contributed by atoms with Gasteiger partial charge in [0.1, 0.15) is 35.4 Å². The Bertz CT molecular complexity index is 974. The molecule has 5 atom stereocenters. The van der Waals surface area contributed by atoms with Crippen molar-refractivity contribution in [2.75, 3.05) is 17.7 Å². The number of carboxylic acid groups (broad SMARTS) is 1. The van der Waals surface area contributed by atoms with Crippen molar-refractivity contribution >= 4 is 23.0 Å². The molecule has 1 aliphatic heterocycles. The van der Waals surface area contributed by atoms with E-state index in [1.165, 1.54) is 19.2 Å². The molecule has 2 aromatic rings. The number of nitrogens with one attached hydrogen (secondary N) is 2. The van der Waals surface area contributed by atoms with Gasteiger partial charge >= 0.3 is 29.6 Å². The Morgan fingerprint density at radius 3 is 2.26 bits per heavy atom. The van der Waals surface area contributed by atoms with Crippen LogP contribution in [0.5, 0.6) is 5.75 Å². The summed E-state index contributed by atoms with van der Waals surface area (Å²) < 4.78 is 10.9. The van der Waals surface area contributed by atoms with Gasteiger partial charge in [0, 0.05) is 18.7 Å². The minimum absolute atomic E-state index is 0. The van der Waals surface area contributed by atoms with Crippen molar-refractivity contribution < 1.29 is 64.3 Å². The molecule has 1 aliphatic rings. The number of carbonyl (C=O) groups excluding carboxylic acids is 1. The van der Waals surface area contributed by atoms with Crippen LogP contribution in [0.2, 0.25) is 0 Å². The first-order chi connectivity index (χ1) is 14.2. The van der Waals surface area contributed by atoms with Gasteiger partial charge in [-0.2, -0.15) is 0 Å². The van der Waals surface area contributed by atoms with E-state index in [0.29, 0.717) is 5.69 Å². The van der Waals surface area contributed by atoms with Gasteiger partial charge < -0.3 is 45.3 Å². The van der Waals surface area contributed by atoms with Gasteiger partial charge in [0.25, 0.3) is 10.9 Å². The largest absolute Gasteiger partial charge is 1.00 e. The molecule has 0 aromatic heterocycles. The van der Waals surface area contributed by atoms with Crippen LogP contribution in [0.25, 0.3) is 0 Å². The normalized spacial score (nSPS) is 25.5. The second-order valence-corrected chi connectivity index (χ2v) is 6.85. The summed E-state index contributed by atoms with van der Waals surface area (Å²) in [5.41, 5.74) is -0.395. The molecule has 5 N–H and O–H groups in total. The maximum absolute atomic E-state index is 11.6. The third-order valence-corrected chi connectivity index (χ3v) is 4.84. The van der Waals surface area contributed by atoms with Crippen LogP contribution in [0.4, 0.5) is 17.1 Å². The van der Waals surface area contributed by atoms with Gasteiger partial charge in [-0.3, -0.25) is 9.59 Å². The molecule has 12 heteroatoms. The summed E-state index contributed by atoms with van der Waals surface area (Å²) in [6, 6.07) is 6.10. The Morgan fingerprint density at radius 2 is 1.68 bits per heavy atom. The molecule has 1 heterocycles. The van der Waals surface area contributed by atoms with Gasteiger partial charge in [0.15, 0.2) is 0 Å². The quantitative estimate of drug-likeness (QED) is 0.194. The fourth-order valence-electron chi connectivity index (χ4n) is 3.16. The number of carboxylic acids is 1. The summed E-state index contributed by atoms with van der Waals surface area (Å²) in [5, 5.41) is 46.2. The molecule has 2 aromatic carbocycles. The SMILES string of the molecule is CNc1c(Nc2ccc(OC3OC(CCC(=O)[O-])C(O)[C@H](O)[C@H]3O)cc2)c(=O)c1=O.[Na+]. The van der Waals surface area contributed by atoms with Crippen molar-refractivity contribution in [3.63, 3.8) is 0 Å². The monoisotopic (exact) mass is 444 g/mol. The predicted molar refractivity (Wildman–Crippen MR) is 102 cm³/mol. The molecule has 0 bridgehead atoms. The van der Waals surface area contributed by atoms with E-state index in [1.54, 1.807) is 12.1 Å². The number of hydrogen-bond donors (Lipinski definition) is 5. The van der Waals surface area contributed by atoms with E-state index in [2.05, 4.69) is 10.6 Å². The van der Waals surface area contributed by atoms with Crippen LogP contribution >= 0.6 is 0 Å². The van der Waals surface area contributed by atoms with E-state index in [0.717, 1.165) is 0 Å². The summed E-state index contributed by atoms with van der Waals surface area (Å²) in [6.45, 7) is 0. The van der Waals surface area contributed by atoms with Crippen LogP contribution in [-0.2, 0) is 9.53 Å². The number of hydrogen-bond acceptors (Lipinski definition) is 11. The predicted octanol–water partition coefficient (Wildman–Crippen LogP) is -5.21. The average Bonchev–Trinajstić information content (AvgIpc) is 2.73. The molecule has 0 aliphatic carbocycles. The number of benzene rings is 1. The number of carbonyl (C=O) groups is 1. The standard InChI is InChI=1S/C19H22N2O9.Na/c1-20-12-13(16(26)15(12)25)21-8-2-4-9(5-3-8)29-19-18(28)17(27)14(24)10(30-19)6-7-11(22)23;/h2-5,10,14,17-21,24,27-28H,6-7H2,1H3,(H,22,23);/q;+1/p-1/t10?,14?,17-,18+,19?;/m0./s1. The molecule has 1 saturated heterocycles. The molecular formula is C19H21N2NaO9. The Hall–Kier alpha value is -1.99. The Labute approximate surface area is 198 Å². The number of anilines is 3. The first-order valence-corrected chi connectivity index (χ1v) is 9.17. The van der Waals surface area contributed by atoms with E-state index < -0.39 is 54.0 Å². The second kappa shape index (κ2) is 10.6. The first-order valence-electron chi connectivity index (χ1n) is 9.17. The van der Waals surface area contributed by atoms with Crippen molar-refractivity contribution in [2.24, 2.45) is 0 Å². The van der Waals surface area contributed by atoms with Gasteiger partial charge in [0.05, 0.1) is 6.10 Å². The maximum Gasteiger partial charge on any atom is 1.00 e. The van der Waals surface area contributed by atoms with Gasteiger partial charge in [-0.1, -0.05) is 0 Å². The third kappa shape index (κ3) is 5.44. The maximum atomic E-state index is 11.6. The molecule has 0 spiro atoms. The van der Waals surface area contributed by atoms with E-state index in [4.69, 9.17) is 9.47 Å². The van der Waals surface area contributed by atoms with Crippen molar-refractivity contribution in [1.82, 2.24) is 0 Å². The zero-order valence-corrected chi connectivity index (χ0v) is 18.9. The summed E-state index contributed by atoms with van der Waals surface area (Å²) in [4.78, 5) is 33.7. The second-order valence-electron chi connectivity index (χ2n) is 6.85. The third-order valence-electron chi connectivity index (χ3n) is 4.84. The van der Waals surface area contributed by atoms with Gasteiger partial charge in [-0.05, 0) is 37.1 Å². The van der Waals surface area contributed by atoms with Gasteiger partial charge in [-0.25, -0.2) is 0 Å². The van der Waals surface area contributed by atoms with Crippen molar-refractivity contribution in [3.05, 3.63) is 44.7 Å². The summed E-state index contributed by atoms with van der Waals surface area (Å²) in [5.74, 6) is -1.10. The van der Waals surface area contributed by atoms with Crippen molar-refractivity contribution in [1.29, 1.82) is 0 Å². The molecule has 162 valence electrons. The minimum Gasteiger partial charge on any atom is -0.550 e. The number of aliphatic hydroxyl groups is 3. The van der Waals surface area contributed by atoms with Gasteiger partial charge in [-0.15, -0.1) is 0 Å². The summed E-state index contributed by atoms with van der Waals surface area (Å²) >= 11 is 0. The summed E-state index contributed by atoms with van der Waals surface area (Å²) in [6.07, 6.45) is -7.60. The Balaban J connectivity index is 0.00000341. The van der Waals surface area contributed by atoms with Crippen LogP contribution in [-0.4, -0.2) is 59.0 Å². The zero-order chi connectivity index (χ0) is 22.0. The first kappa shape index (κ1) is 25.3. The molecule has 0 saturated carbocycles. The van der Waals surface area contributed by atoms with E-state index >= 15 is 0 Å². The zero-order valence-electron chi connectivity index (χ0n) is 16.9. The topological polar surface area (TPSA) is 177 Å². The smallest absolute Gasteiger partial charge is 0.550 e. The molecule has 0 radical (unpaired) electrons. The van der Waals surface area contributed by atoms with Crippen molar-refractivity contribution in [3.8, 4) is 5.75 Å². The Morgan fingerprint density at radius 1 is 1.06 bits per heavy atom. The molecule has 1 fully saturated rings. The van der Waals surface area contributed by atoms with Crippen molar-refractivity contribution in [2.45, 2.75) is 43.5 Å². The van der Waals surface area contributed by atoms with Crippen LogP contribution in [0, 0.1) is 0 Å². The molecular weight excluding hydrogens is 423 g/mol. The van der Waals surface area contributed by atoms with E-state index in [-0.39, 0.29) is 53.1 Å². The number of aliphatic carboxylic acids is 1. The van der Waals surface area contributed by atoms with E-state index in [1.807, 2.05) is 0 Å². The number of aliphatic hydroxyl groups excluding tert-OH is 3. The van der Waals surface area contributed by atoms with Crippen LogP contribution in [0.3, 0.4) is 0 Å². The molecule has 11 nitrogen and oxygen atoms in total.